The summed E-state index contributed by atoms with van der Waals surface area (Å²) in [6, 6.07) is 8.64. The van der Waals surface area contributed by atoms with E-state index in [4.69, 9.17) is 4.42 Å². The number of amides is 1. The summed E-state index contributed by atoms with van der Waals surface area (Å²) in [5.41, 5.74) is 2.70. The number of hydrogen-bond donors (Lipinski definition) is 0. The maximum Gasteiger partial charge on any atom is 0.297 e. The van der Waals surface area contributed by atoms with E-state index in [9.17, 15) is 14.0 Å². The molecule has 29 heavy (non-hydrogen) atoms. The molecular formula is C22H15FN2O3S. The number of rotatable bonds is 2. The van der Waals surface area contributed by atoms with Gasteiger partial charge in [0.1, 0.15) is 11.4 Å². The van der Waals surface area contributed by atoms with Gasteiger partial charge >= 0.3 is 0 Å². The van der Waals surface area contributed by atoms with Crippen molar-refractivity contribution >= 4 is 33.3 Å². The van der Waals surface area contributed by atoms with Crippen LogP contribution in [0, 0.1) is 19.7 Å². The van der Waals surface area contributed by atoms with Gasteiger partial charge in [0, 0.05) is 11.6 Å². The third-order valence-electron chi connectivity index (χ3n) is 5.28. The van der Waals surface area contributed by atoms with Crippen LogP contribution >= 0.6 is 11.3 Å². The minimum absolute atomic E-state index is 0.0183. The Hall–Kier alpha value is -3.32. The topological polar surface area (TPSA) is 63.4 Å². The van der Waals surface area contributed by atoms with E-state index in [-0.39, 0.29) is 16.8 Å². The average Bonchev–Trinajstić information content (AvgIpc) is 3.30. The molecule has 0 unspecified atom stereocenters. The maximum absolute atomic E-state index is 14.0. The Balaban J connectivity index is 1.85. The minimum Gasteiger partial charge on any atom is -0.450 e. The molecule has 0 N–H and O–H groups in total. The molecule has 3 heterocycles. The fourth-order valence-electron chi connectivity index (χ4n) is 3.75. The standard InChI is InChI=1S/C22H15FN2O3S/c1-11-8-15-16(9-12(11)2)28-20-17(19(15)26)18(13-4-3-5-14(23)10-13)25(21(20)27)22-24-6-7-29-22/h3-10,18H,1-2H3/t18-/m1/s1. The molecule has 5 nitrogen and oxygen atoms in total. The van der Waals surface area contributed by atoms with E-state index in [2.05, 4.69) is 4.98 Å². The summed E-state index contributed by atoms with van der Waals surface area (Å²) in [7, 11) is 0. The number of carbonyl (C=O) groups is 1. The number of hydrogen-bond acceptors (Lipinski definition) is 5. The molecule has 2 aromatic heterocycles. The SMILES string of the molecule is Cc1cc2oc3c(c(=O)c2cc1C)[C@@H](c1cccc(F)c1)N(c1nccs1)C3=O. The molecule has 0 saturated carbocycles. The molecule has 1 atom stereocenters. The van der Waals surface area contributed by atoms with Crippen LogP contribution in [-0.4, -0.2) is 10.9 Å². The van der Waals surface area contributed by atoms with Crippen LogP contribution in [0.5, 0.6) is 0 Å². The number of halogens is 1. The van der Waals surface area contributed by atoms with Crippen LogP contribution in [0.2, 0.25) is 0 Å². The van der Waals surface area contributed by atoms with Gasteiger partial charge < -0.3 is 4.42 Å². The zero-order chi connectivity index (χ0) is 20.3. The lowest BCUT2D eigenvalue weighted by Gasteiger charge is -2.22. The summed E-state index contributed by atoms with van der Waals surface area (Å²) in [4.78, 5) is 32.4. The van der Waals surface area contributed by atoms with Crippen molar-refractivity contribution in [3.05, 3.63) is 92.0 Å². The van der Waals surface area contributed by atoms with E-state index in [1.807, 2.05) is 13.8 Å². The number of benzene rings is 2. The van der Waals surface area contributed by atoms with Crippen LogP contribution in [0.25, 0.3) is 11.0 Å². The second-order valence-corrected chi connectivity index (χ2v) is 7.93. The fourth-order valence-corrected chi connectivity index (χ4v) is 4.42. The summed E-state index contributed by atoms with van der Waals surface area (Å²) in [6.45, 7) is 3.83. The van der Waals surface area contributed by atoms with Crippen LogP contribution in [0.1, 0.15) is 38.9 Å². The first kappa shape index (κ1) is 17.8. The highest BCUT2D eigenvalue weighted by Gasteiger charge is 2.44. The minimum atomic E-state index is -0.804. The number of aryl methyl sites for hydroxylation is 2. The van der Waals surface area contributed by atoms with Gasteiger partial charge in [0.05, 0.1) is 17.0 Å². The number of fused-ring (bicyclic) bond motifs is 2. The smallest absolute Gasteiger partial charge is 0.297 e. The van der Waals surface area contributed by atoms with Crippen molar-refractivity contribution in [2.75, 3.05) is 4.90 Å². The van der Waals surface area contributed by atoms with Gasteiger partial charge in [0.2, 0.25) is 5.76 Å². The summed E-state index contributed by atoms with van der Waals surface area (Å²) in [5, 5.41) is 2.57. The van der Waals surface area contributed by atoms with Crippen molar-refractivity contribution < 1.29 is 13.6 Å². The second-order valence-electron chi connectivity index (χ2n) is 7.05. The summed E-state index contributed by atoms with van der Waals surface area (Å²) >= 11 is 1.27. The van der Waals surface area contributed by atoms with Crippen molar-refractivity contribution in [3.8, 4) is 0 Å². The quantitative estimate of drug-likeness (QED) is 0.482. The van der Waals surface area contributed by atoms with Crippen molar-refractivity contribution in [1.82, 2.24) is 4.98 Å². The first-order valence-corrected chi connectivity index (χ1v) is 9.90. The molecule has 144 valence electrons. The predicted molar refractivity (Wildman–Crippen MR) is 109 cm³/mol. The lowest BCUT2D eigenvalue weighted by atomic mass is 9.97. The summed E-state index contributed by atoms with van der Waals surface area (Å²) in [5.74, 6) is -0.921. The Kier molecular flexibility index (Phi) is 3.89. The lowest BCUT2D eigenvalue weighted by molar-refractivity contribution is 0.0971. The van der Waals surface area contributed by atoms with Gasteiger partial charge in [0.25, 0.3) is 5.91 Å². The van der Waals surface area contributed by atoms with E-state index in [0.29, 0.717) is 21.7 Å². The van der Waals surface area contributed by atoms with Crippen molar-refractivity contribution in [2.45, 2.75) is 19.9 Å². The zero-order valence-electron chi connectivity index (χ0n) is 15.6. The van der Waals surface area contributed by atoms with Gasteiger partial charge in [0.15, 0.2) is 10.6 Å². The molecule has 0 bridgehead atoms. The maximum atomic E-state index is 14.0. The average molecular weight is 406 g/mol. The molecule has 1 amide bonds. The Bertz CT molecular complexity index is 1340. The Morgan fingerprint density at radius 2 is 1.93 bits per heavy atom. The molecule has 0 aliphatic carbocycles. The number of carbonyl (C=O) groups excluding carboxylic acids is 1. The van der Waals surface area contributed by atoms with Crippen molar-refractivity contribution in [1.29, 1.82) is 0 Å². The summed E-state index contributed by atoms with van der Waals surface area (Å²) in [6.07, 6.45) is 1.58. The van der Waals surface area contributed by atoms with Crippen molar-refractivity contribution in [3.63, 3.8) is 0 Å². The Morgan fingerprint density at radius 3 is 2.66 bits per heavy atom. The largest absolute Gasteiger partial charge is 0.450 e. The van der Waals surface area contributed by atoms with E-state index in [0.717, 1.165) is 11.1 Å². The van der Waals surface area contributed by atoms with E-state index in [1.54, 1.807) is 35.8 Å². The lowest BCUT2D eigenvalue weighted by Crippen LogP contribution is -2.29. The summed E-state index contributed by atoms with van der Waals surface area (Å²) < 4.78 is 19.9. The zero-order valence-corrected chi connectivity index (χ0v) is 16.4. The predicted octanol–water partition coefficient (Wildman–Crippen LogP) is 4.76. The second kappa shape index (κ2) is 6.35. The third kappa shape index (κ3) is 2.61. The molecule has 5 rings (SSSR count). The molecule has 0 radical (unpaired) electrons. The van der Waals surface area contributed by atoms with Crippen LogP contribution in [0.3, 0.4) is 0 Å². The van der Waals surface area contributed by atoms with Gasteiger partial charge in [-0.15, -0.1) is 11.3 Å². The highest BCUT2D eigenvalue weighted by atomic mass is 32.1. The van der Waals surface area contributed by atoms with E-state index in [1.165, 1.54) is 28.4 Å². The van der Waals surface area contributed by atoms with Gasteiger partial charge in [-0.25, -0.2) is 9.37 Å². The van der Waals surface area contributed by atoms with Crippen molar-refractivity contribution in [2.24, 2.45) is 0 Å². The van der Waals surface area contributed by atoms with Crippen LogP contribution in [-0.2, 0) is 0 Å². The molecular weight excluding hydrogens is 391 g/mol. The van der Waals surface area contributed by atoms with Gasteiger partial charge in [-0.1, -0.05) is 12.1 Å². The van der Waals surface area contributed by atoms with Crippen LogP contribution in [0.15, 0.2) is 57.2 Å². The number of nitrogens with zero attached hydrogens (tertiary/aromatic N) is 2. The monoisotopic (exact) mass is 406 g/mol. The van der Waals surface area contributed by atoms with Gasteiger partial charge in [-0.05, 0) is 54.8 Å². The molecule has 1 aliphatic rings. The van der Waals surface area contributed by atoms with E-state index < -0.39 is 17.8 Å². The van der Waals surface area contributed by atoms with E-state index >= 15 is 0 Å². The Labute approximate surface area is 169 Å². The van der Waals surface area contributed by atoms with Crippen LogP contribution in [0.4, 0.5) is 9.52 Å². The highest BCUT2D eigenvalue weighted by molar-refractivity contribution is 7.13. The number of thiazole rings is 1. The first-order chi connectivity index (χ1) is 14.0. The number of aromatic nitrogens is 1. The molecule has 0 fully saturated rings. The highest BCUT2D eigenvalue weighted by Crippen LogP contribution is 2.42. The van der Waals surface area contributed by atoms with Gasteiger partial charge in [-0.3, -0.25) is 14.5 Å². The molecule has 1 aliphatic heterocycles. The molecule has 0 spiro atoms. The molecule has 2 aromatic carbocycles. The Morgan fingerprint density at radius 1 is 1.14 bits per heavy atom. The first-order valence-electron chi connectivity index (χ1n) is 9.02. The third-order valence-corrected chi connectivity index (χ3v) is 6.05. The molecule has 4 aromatic rings. The van der Waals surface area contributed by atoms with Gasteiger partial charge in [-0.2, -0.15) is 0 Å². The normalized spacial score (nSPS) is 15.9. The fraction of sp³-hybridized carbons (Fsp3) is 0.136. The molecule has 0 saturated heterocycles. The number of anilines is 1. The van der Waals surface area contributed by atoms with Crippen LogP contribution < -0.4 is 10.3 Å². The molecule has 7 heteroatoms.